The van der Waals surface area contributed by atoms with Crippen molar-refractivity contribution in [3.63, 3.8) is 0 Å². The molecule has 0 fully saturated rings. The van der Waals surface area contributed by atoms with Gasteiger partial charge in [-0.3, -0.25) is 4.79 Å². The molecule has 0 aliphatic carbocycles. The highest BCUT2D eigenvalue weighted by Crippen LogP contribution is 2.32. The maximum atomic E-state index is 13.7. The highest BCUT2D eigenvalue weighted by Gasteiger charge is 2.35. The Balaban J connectivity index is 1.70. The molecule has 0 saturated heterocycles. The summed E-state index contributed by atoms with van der Waals surface area (Å²) < 4.78 is 41.9. The minimum atomic E-state index is -4.72. The van der Waals surface area contributed by atoms with Crippen LogP contribution in [0.25, 0.3) is 16.9 Å². The summed E-state index contributed by atoms with van der Waals surface area (Å²) in [6.45, 7) is 0. The van der Waals surface area contributed by atoms with Crippen LogP contribution < -0.4 is 5.32 Å². The number of carbonyl (C=O) groups is 1. The van der Waals surface area contributed by atoms with Gasteiger partial charge >= 0.3 is 6.18 Å². The molecule has 0 saturated carbocycles. The van der Waals surface area contributed by atoms with Gasteiger partial charge in [-0.25, -0.2) is 9.50 Å². The van der Waals surface area contributed by atoms with E-state index in [1.807, 2.05) is 12.1 Å². The molecule has 0 aliphatic heterocycles. The van der Waals surface area contributed by atoms with Crippen molar-refractivity contribution in [2.75, 3.05) is 5.32 Å². The van der Waals surface area contributed by atoms with Crippen LogP contribution in [0.3, 0.4) is 0 Å². The van der Waals surface area contributed by atoms with E-state index in [1.54, 1.807) is 42.5 Å². The molecule has 2 aromatic heterocycles. The lowest BCUT2D eigenvalue weighted by molar-refractivity contribution is -0.142. The van der Waals surface area contributed by atoms with Crippen LogP contribution in [0.2, 0.25) is 5.02 Å². The number of hydrogen-bond donors (Lipinski definition) is 1. The Hall–Kier alpha value is -3.90. The molecule has 0 spiro atoms. The molecule has 0 unspecified atom stereocenters. The number of nitrogens with one attached hydrogen (secondary N) is 1. The van der Waals surface area contributed by atoms with E-state index in [4.69, 9.17) is 16.9 Å². The van der Waals surface area contributed by atoms with Crippen molar-refractivity contribution >= 4 is 28.8 Å². The average Bonchev–Trinajstić information content (AvgIpc) is 3.21. The summed E-state index contributed by atoms with van der Waals surface area (Å²) >= 11 is 5.86. The summed E-state index contributed by atoms with van der Waals surface area (Å²) in [5.41, 5.74) is 0.398. The third kappa shape index (κ3) is 4.96. The molecule has 2 aromatic carbocycles. The largest absolute Gasteiger partial charge is 0.433 e. The molecular formula is C23H15ClF3N5O. The van der Waals surface area contributed by atoms with E-state index in [1.165, 1.54) is 6.07 Å². The SMILES string of the molecule is N#CCCc1cccc(NC(=O)c2cc3nc(-c4ccc(Cl)cc4)cc(C(F)(F)F)n3n2)c1. The number of hydrogen-bond acceptors (Lipinski definition) is 4. The molecule has 10 heteroatoms. The predicted octanol–water partition coefficient (Wildman–Crippen LogP) is 5.78. The van der Waals surface area contributed by atoms with Crippen LogP contribution >= 0.6 is 11.6 Å². The van der Waals surface area contributed by atoms with Crippen LogP contribution in [0.15, 0.2) is 60.7 Å². The van der Waals surface area contributed by atoms with Crippen molar-refractivity contribution < 1.29 is 18.0 Å². The first-order chi connectivity index (χ1) is 15.7. The molecule has 1 N–H and O–H groups in total. The summed E-state index contributed by atoms with van der Waals surface area (Å²) in [5.74, 6) is -0.681. The van der Waals surface area contributed by atoms with Gasteiger partial charge in [-0.2, -0.15) is 23.5 Å². The van der Waals surface area contributed by atoms with E-state index in [0.717, 1.165) is 11.6 Å². The molecule has 6 nitrogen and oxygen atoms in total. The van der Waals surface area contributed by atoms with Gasteiger partial charge in [-0.15, -0.1) is 0 Å². The lowest BCUT2D eigenvalue weighted by Gasteiger charge is -2.11. The van der Waals surface area contributed by atoms with E-state index < -0.39 is 17.8 Å². The Morgan fingerprint density at radius 3 is 2.58 bits per heavy atom. The lowest BCUT2D eigenvalue weighted by Crippen LogP contribution is -2.15. The Labute approximate surface area is 191 Å². The third-order valence-electron chi connectivity index (χ3n) is 4.80. The van der Waals surface area contributed by atoms with Gasteiger partial charge in [-0.1, -0.05) is 35.9 Å². The number of fused-ring (bicyclic) bond motifs is 1. The number of aryl methyl sites for hydroxylation is 1. The molecule has 0 aliphatic rings. The summed E-state index contributed by atoms with van der Waals surface area (Å²) in [5, 5.41) is 15.6. The number of nitriles is 1. The highest BCUT2D eigenvalue weighted by atomic mass is 35.5. The van der Waals surface area contributed by atoms with Crippen molar-refractivity contribution in [3.05, 3.63) is 82.6 Å². The van der Waals surface area contributed by atoms with E-state index in [0.29, 0.717) is 33.6 Å². The molecule has 4 aromatic rings. The number of amides is 1. The first-order valence-corrected chi connectivity index (χ1v) is 10.1. The minimum absolute atomic E-state index is 0.0727. The van der Waals surface area contributed by atoms with Crippen LogP contribution in [-0.2, 0) is 12.6 Å². The number of aromatic nitrogens is 3. The van der Waals surface area contributed by atoms with E-state index >= 15 is 0 Å². The Morgan fingerprint density at radius 1 is 1.12 bits per heavy atom. The van der Waals surface area contributed by atoms with E-state index in [-0.39, 0.29) is 17.0 Å². The first kappa shape index (κ1) is 22.3. The topological polar surface area (TPSA) is 83.1 Å². The molecule has 166 valence electrons. The van der Waals surface area contributed by atoms with Crippen molar-refractivity contribution in [2.24, 2.45) is 0 Å². The van der Waals surface area contributed by atoms with E-state index in [2.05, 4.69) is 15.4 Å². The van der Waals surface area contributed by atoms with Gasteiger partial charge in [0.25, 0.3) is 5.91 Å². The summed E-state index contributed by atoms with van der Waals surface area (Å²) in [6, 6.07) is 17.2. The van der Waals surface area contributed by atoms with Gasteiger partial charge in [0.05, 0.1) is 11.8 Å². The molecule has 33 heavy (non-hydrogen) atoms. The zero-order valence-electron chi connectivity index (χ0n) is 16.9. The van der Waals surface area contributed by atoms with Crippen molar-refractivity contribution in [1.82, 2.24) is 14.6 Å². The normalized spacial score (nSPS) is 11.4. The number of nitrogens with zero attached hydrogens (tertiary/aromatic N) is 4. The van der Waals surface area contributed by atoms with Gasteiger partial charge < -0.3 is 5.32 Å². The second-order valence-corrected chi connectivity index (χ2v) is 7.58. The van der Waals surface area contributed by atoms with Crippen LogP contribution in [0.4, 0.5) is 18.9 Å². The fraction of sp³-hybridized carbons (Fsp3) is 0.130. The molecule has 1 amide bonds. The third-order valence-corrected chi connectivity index (χ3v) is 5.05. The zero-order valence-corrected chi connectivity index (χ0v) is 17.7. The zero-order chi connectivity index (χ0) is 23.6. The monoisotopic (exact) mass is 469 g/mol. The van der Waals surface area contributed by atoms with Crippen LogP contribution in [0.1, 0.15) is 28.2 Å². The molecule has 0 atom stereocenters. The van der Waals surface area contributed by atoms with Gasteiger partial charge in [0.1, 0.15) is 0 Å². The fourth-order valence-electron chi connectivity index (χ4n) is 3.26. The first-order valence-electron chi connectivity index (χ1n) is 9.76. The van der Waals surface area contributed by atoms with E-state index in [9.17, 15) is 18.0 Å². The highest BCUT2D eigenvalue weighted by molar-refractivity contribution is 6.30. The average molecular weight is 470 g/mol. The second-order valence-electron chi connectivity index (χ2n) is 7.14. The van der Waals surface area contributed by atoms with Gasteiger partial charge in [0.2, 0.25) is 0 Å². The Bertz CT molecular complexity index is 1370. The molecule has 4 rings (SSSR count). The molecule has 2 heterocycles. The Morgan fingerprint density at radius 2 is 1.88 bits per heavy atom. The number of alkyl halides is 3. The van der Waals surface area contributed by atoms with Crippen LogP contribution in [-0.4, -0.2) is 20.5 Å². The standard InChI is InChI=1S/C23H15ClF3N5O/c24-16-8-6-15(7-9-16)18-12-20(23(25,26)27)32-21(30-18)13-19(31-32)22(33)29-17-5-1-3-14(11-17)4-2-10-28/h1,3,5-9,11-13H,2,4H2,(H,29,33). The fourth-order valence-corrected chi connectivity index (χ4v) is 3.38. The molecule has 0 radical (unpaired) electrons. The number of halogens is 4. The minimum Gasteiger partial charge on any atom is -0.321 e. The van der Waals surface area contributed by atoms with Crippen LogP contribution in [0.5, 0.6) is 0 Å². The predicted molar refractivity (Wildman–Crippen MR) is 117 cm³/mol. The Kier molecular flexibility index (Phi) is 6.03. The molecular weight excluding hydrogens is 455 g/mol. The summed E-state index contributed by atoms with van der Waals surface area (Å²) in [7, 11) is 0. The maximum absolute atomic E-state index is 13.7. The van der Waals surface area contributed by atoms with Gasteiger partial charge in [0, 0.05) is 28.8 Å². The molecule has 0 bridgehead atoms. The van der Waals surface area contributed by atoms with Crippen molar-refractivity contribution in [2.45, 2.75) is 19.0 Å². The van der Waals surface area contributed by atoms with Gasteiger partial charge in [-0.05, 0) is 42.3 Å². The smallest absolute Gasteiger partial charge is 0.321 e. The summed E-state index contributed by atoms with van der Waals surface area (Å²) in [4.78, 5) is 17.0. The number of carbonyl (C=O) groups excluding carboxylic acids is 1. The van der Waals surface area contributed by atoms with Crippen molar-refractivity contribution in [3.8, 4) is 17.3 Å². The summed E-state index contributed by atoms with van der Waals surface area (Å²) in [6.07, 6.45) is -3.89. The maximum Gasteiger partial charge on any atom is 0.433 e. The van der Waals surface area contributed by atoms with Gasteiger partial charge in [0.15, 0.2) is 17.0 Å². The quantitative estimate of drug-likeness (QED) is 0.402. The second kappa shape index (κ2) is 8.92. The van der Waals surface area contributed by atoms with Crippen LogP contribution in [0, 0.1) is 11.3 Å². The number of benzene rings is 2. The number of rotatable bonds is 5. The lowest BCUT2D eigenvalue weighted by atomic mass is 10.1. The van der Waals surface area contributed by atoms with Crippen molar-refractivity contribution in [1.29, 1.82) is 5.26 Å². The number of anilines is 1.